The maximum Gasteiger partial charge on any atom is 0.237 e. The van der Waals surface area contributed by atoms with Crippen molar-refractivity contribution in [1.82, 2.24) is 4.90 Å². The highest BCUT2D eigenvalue weighted by molar-refractivity contribution is 6.27. The molecule has 0 bridgehead atoms. The lowest BCUT2D eigenvalue weighted by Gasteiger charge is -2.20. The minimum absolute atomic E-state index is 0.00432. The van der Waals surface area contributed by atoms with Crippen LogP contribution < -0.4 is 0 Å². The van der Waals surface area contributed by atoms with Crippen molar-refractivity contribution >= 4 is 23.1 Å². The molecular weight excluding hydrogens is 274 g/mol. The number of nitrogens with zero attached hydrogens (tertiary/aromatic N) is 1. The number of halogens is 1. The molecule has 0 saturated carbocycles. The SMILES string of the molecule is CCOCCN(C/C=C(\C)c1ccccc1)C(=O)CCl. The Morgan fingerprint density at radius 1 is 1.35 bits per heavy atom. The van der Waals surface area contributed by atoms with E-state index in [0.29, 0.717) is 26.3 Å². The van der Waals surface area contributed by atoms with Crippen molar-refractivity contribution in [2.24, 2.45) is 0 Å². The maximum atomic E-state index is 11.8. The van der Waals surface area contributed by atoms with Crippen LogP contribution in [-0.2, 0) is 9.53 Å². The lowest BCUT2D eigenvalue weighted by molar-refractivity contribution is -0.128. The summed E-state index contributed by atoms with van der Waals surface area (Å²) in [7, 11) is 0. The first-order chi connectivity index (χ1) is 9.69. The van der Waals surface area contributed by atoms with E-state index in [1.807, 2.05) is 38.1 Å². The zero-order valence-corrected chi connectivity index (χ0v) is 12.9. The molecule has 110 valence electrons. The number of ether oxygens (including phenoxy) is 1. The van der Waals surface area contributed by atoms with Gasteiger partial charge in [0.15, 0.2) is 0 Å². The van der Waals surface area contributed by atoms with Crippen LogP contribution in [0, 0.1) is 0 Å². The van der Waals surface area contributed by atoms with Gasteiger partial charge in [-0.25, -0.2) is 0 Å². The third-order valence-electron chi connectivity index (χ3n) is 3.02. The van der Waals surface area contributed by atoms with Crippen molar-refractivity contribution in [3.63, 3.8) is 0 Å². The van der Waals surface area contributed by atoms with Gasteiger partial charge in [0.25, 0.3) is 0 Å². The predicted molar refractivity (Wildman–Crippen MR) is 83.9 cm³/mol. The van der Waals surface area contributed by atoms with Gasteiger partial charge >= 0.3 is 0 Å². The van der Waals surface area contributed by atoms with Crippen LogP contribution in [0.3, 0.4) is 0 Å². The Kier molecular flexibility index (Phi) is 8.00. The summed E-state index contributed by atoms with van der Waals surface area (Å²) in [6.07, 6.45) is 2.05. The summed E-state index contributed by atoms with van der Waals surface area (Å²) in [5, 5.41) is 0. The van der Waals surface area contributed by atoms with Crippen LogP contribution in [0.2, 0.25) is 0 Å². The zero-order chi connectivity index (χ0) is 14.8. The summed E-state index contributed by atoms with van der Waals surface area (Å²) in [4.78, 5) is 13.5. The largest absolute Gasteiger partial charge is 0.380 e. The molecule has 0 radical (unpaired) electrons. The van der Waals surface area contributed by atoms with Crippen molar-refractivity contribution in [3.05, 3.63) is 42.0 Å². The molecule has 0 heterocycles. The van der Waals surface area contributed by atoms with Gasteiger partial charge in [0, 0.05) is 19.7 Å². The number of alkyl halides is 1. The Balaban J connectivity index is 2.62. The fraction of sp³-hybridized carbons (Fsp3) is 0.438. The van der Waals surface area contributed by atoms with Crippen LogP contribution in [0.5, 0.6) is 0 Å². The molecule has 0 N–H and O–H groups in total. The number of amides is 1. The van der Waals surface area contributed by atoms with Crippen molar-refractivity contribution < 1.29 is 9.53 Å². The van der Waals surface area contributed by atoms with Crippen molar-refractivity contribution in [2.75, 3.05) is 32.2 Å². The van der Waals surface area contributed by atoms with Crippen LogP contribution in [0.1, 0.15) is 19.4 Å². The van der Waals surface area contributed by atoms with Gasteiger partial charge in [0.05, 0.1) is 6.61 Å². The Morgan fingerprint density at radius 3 is 2.65 bits per heavy atom. The molecule has 4 heteroatoms. The number of carbonyl (C=O) groups excluding carboxylic acids is 1. The molecule has 0 aliphatic carbocycles. The van der Waals surface area contributed by atoms with Crippen LogP contribution in [0.4, 0.5) is 0 Å². The molecule has 0 aliphatic rings. The Hall–Kier alpha value is -1.32. The smallest absolute Gasteiger partial charge is 0.237 e. The maximum absolute atomic E-state index is 11.8. The first-order valence-corrected chi connectivity index (χ1v) is 7.36. The number of hydrogen-bond donors (Lipinski definition) is 0. The van der Waals surface area contributed by atoms with Crippen molar-refractivity contribution in [2.45, 2.75) is 13.8 Å². The summed E-state index contributed by atoms with van der Waals surface area (Å²) in [6, 6.07) is 10.1. The minimum Gasteiger partial charge on any atom is -0.380 e. The van der Waals surface area contributed by atoms with E-state index < -0.39 is 0 Å². The number of carbonyl (C=O) groups is 1. The first-order valence-electron chi connectivity index (χ1n) is 6.82. The van der Waals surface area contributed by atoms with Gasteiger partial charge in [-0.3, -0.25) is 4.79 Å². The molecular formula is C16H22ClNO2. The highest BCUT2D eigenvalue weighted by atomic mass is 35.5. The van der Waals surface area contributed by atoms with Gasteiger partial charge in [-0.1, -0.05) is 36.4 Å². The number of rotatable bonds is 8. The average Bonchev–Trinajstić information content (AvgIpc) is 2.50. The molecule has 0 atom stereocenters. The van der Waals surface area contributed by atoms with Gasteiger partial charge in [0.2, 0.25) is 5.91 Å². The van der Waals surface area contributed by atoms with E-state index in [0.717, 1.165) is 11.1 Å². The molecule has 0 unspecified atom stereocenters. The zero-order valence-electron chi connectivity index (χ0n) is 12.1. The second-order valence-electron chi connectivity index (χ2n) is 4.42. The second-order valence-corrected chi connectivity index (χ2v) is 4.69. The summed E-state index contributed by atoms with van der Waals surface area (Å²) < 4.78 is 5.29. The number of hydrogen-bond acceptors (Lipinski definition) is 2. The highest BCUT2D eigenvalue weighted by Gasteiger charge is 2.10. The molecule has 20 heavy (non-hydrogen) atoms. The fourth-order valence-corrected chi connectivity index (χ4v) is 1.96. The van der Waals surface area contributed by atoms with E-state index in [1.165, 1.54) is 0 Å². The standard InChI is InChI=1S/C16H22ClNO2/c1-3-20-12-11-18(16(19)13-17)10-9-14(2)15-7-5-4-6-8-15/h4-9H,3,10-13H2,1-2H3/b14-9+. The summed E-state index contributed by atoms with van der Waals surface area (Å²) in [5.41, 5.74) is 2.31. The number of benzene rings is 1. The topological polar surface area (TPSA) is 29.5 Å². The van der Waals surface area contributed by atoms with Crippen molar-refractivity contribution in [3.8, 4) is 0 Å². The molecule has 1 rings (SSSR count). The molecule has 0 spiro atoms. The lowest BCUT2D eigenvalue weighted by Crippen LogP contribution is -2.35. The molecule has 1 aromatic carbocycles. The first kappa shape index (κ1) is 16.7. The molecule has 3 nitrogen and oxygen atoms in total. The Labute approximate surface area is 126 Å². The molecule has 0 aromatic heterocycles. The molecule has 1 amide bonds. The quantitative estimate of drug-likeness (QED) is 0.544. The van der Waals surface area contributed by atoms with E-state index in [4.69, 9.17) is 16.3 Å². The fourth-order valence-electron chi connectivity index (χ4n) is 1.79. The molecule has 0 saturated heterocycles. The minimum atomic E-state index is -0.0662. The third kappa shape index (κ3) is 5.76. The molecule has 1 aromatic rings. The van der Waals surface area contributed by atoms with E-state index in [1.54, 1.807) is 4.90 Å². The van der Waals surface area contributed by atoms with Gasteiger partial charge in [-0.15, -0.1) is 11.6 Å². The normalized spacial score (nSPS) is 11.4. The predicted octanol–water partition coefficient (Wildman–Crippen LogP) is 3.19. The monoisotopic (exact) mass is 295 g/mol. The van der Waals surface area contributed by atoms with E-state index >= 15 is 0 Å². The van der Waals surface area contributed by atoms with E-state index in [9.17, 15) is 4.79 Å². The van der Waals surface area contributed by atoms with Crippen LogP contribution in [0.15, 0.2) is 36.4 Å². The lowest BCUT2D eigenvalue weighted by atomic mass is 10.1. The van der Waals surface area contributed by atoms with Gasteiger partial charge in [0.1, 0.15) is 5.88 Å². The van der Waals surface area contributed by atoms with Crippen LogP contribution in [0.25, 0.3) is 5.57 Å². The molecule has 0 aliphatic heterocycles. The Morgan fingerprint density at radius 2 is 2.05 bits per heavy atom. The summed E-state index contributed by atoms with van der Waals surface area (Å²) in [5.74, 6) is -0.0619. The van der Waals surface area contributed by atoms with Gasteiger partial charge in [-0.05, 0) is 25.0 Å². The third-order valence-corrected chi connectivity index (χ3v) is 3.25. The van der Waals surface area contributed by atoms with Gasteiger partial charge in [-0.2, -0.15) is 0 Å². The number of allylic oxidation sites excluding steroid dienone is 1. The summed E-state index contributed by atoms with van der Waals surface area (Å²) in [6.45, 7) is 6.30. The van der Waals surface area contributed by atoms with Crippen LogP contribution >= 0.6 is 11.6 Å². The average molecular weight is 296 g/mol. The van der Waals surface area contributed by atoms with Crippen molar-refractivity contribution in [1.29, 1.82) is 0 Å². The molecule has 0 fully saturated rings. The Bertz CT molecular complexity index is 431. The van der Waals surface area contributed by atoms with Gasteiger partial charge < -0.3 is 9.64 Å². The second kappa shape index (κ2) is 9.56. The van der Waals surface area contributed by atoms with Crippen LogP contribution in [-0.4, -0.2) is 43.0 Å². The van der Waals surface area contributed by atoms with E-state index in [-0.39, 0.29) is 11.8 Å². The highest BCUT2D eigenvalue weighted by Crippen LogP contribution is 2.12. The van der Waals surface area contributed by atoms with E-state index in [2.05, 4.69) is 12.1 Å². The summed E-state index contributed by atoms with van der Waals surface area (Å²) >= 11 is 5.64.